The van der Waals surface area contributed by atoms with Gasteiger partial charge in [0.15, 0.2) is 0 Å². The third-order valence-electron chi connectivity index (χ3n) is 3.33. The molecule has 1 saturated heterocycles. The summed E-state index contributed by atoms with van der Waals surface area (Å²) in [6.07, 6.45) is 1.70. The van der Waals surface area contributed by atoms with Crippen molar-refractivity contribution in [3.63, 3.8) is 0 Å². The van der Waals surface area contributed by atoms with E-state index in [-0.39, 0.29) is 12.6 Å². The second kappa shape index (κ2) is 5.15. The van der Waals surface area contributed by atoms with Gasteiger partial charge in [0.2, 0.25) is 0 Å². The summed E-state index contributed by atoms with van der Waals surface area (Å²) in [5.74, 6) is 0.0702. The molecule has 1 aromatic carbocycles. The molecule has 0 radical (unpaired) electrons. The van der Waals surface area contributed by atoms with Crippen LogP contribution in [0.15, 0.2) is 29.8 Å². The number of epoxide rings is 1. The minimum atomic E-state index is -0.701. The second-order valence-corrected chi connectivity index (χ2v) is 4.80. The summed E-state index contributed by atoms with van der Waals surface area (Å²) in [5.41, 5.74) is 1.55. The number of esters is 1. The molecule has 0 bridgehead atoms. The number of hydrogen-bond donors (Lipinski definition) is 1. The number of carbonyl (C=O) groups excluding carboxylic acids is 1. The molecule has 0 aromatic heterocycles. The Bertz CT molecular complexity index is 527. The number of allylic oxidation sites excluding steroid dienone is 1. The molecule has 4 nitrogen and oxygen atoms in total. The van der Waals surface area contributed by atoms with E-state index in [1.165, 1.54) is 0 Å². The molecule has 0 spiro atoms. The molecule has 19 heavy (non-hydrogen) atoms. The quantitative estimate of drug-likeness (QED) is 0.390. The van der Waals surface area contributed by atoms with Crippen molar-refractivity contribution in [3.8, 4) is 5.75 Å². The molecular weight excluding hydrogens is 244 g/mol. The van der Waals surface area contributed by atoms with Crippen LogP contribution in [0.3, 0.4) is 0 Å². The molecule has 1 aliphatic heterocycles. The van der Waals surface area contributed by atoms with Gasteiger partial charge in [-0.15, -0.1) is 0 Å². The lowest BCUT2D eigenvalue weighted by Gasteiger charge is -2.15. The fourth-order valence-corrected chi connectivity index (χ4v) is 1.81. The van der Waals surface area contributed by atoms with Gasteiger partial charge < -0.3 is 14.6 Å². The van der Waals surface area contributed by atoms with E-state index in [4.69, 9.17) is 9.47 Å². The Kier molecular flexibility index (Phi) is 3.73. The molecule has 1 aliphatic rings. The third-order valence-corrected chi connectivity index (χ3v) is 3.33. The van der Waals surface area contributed by atoms with Gasteiger partial charge in [-0.05, 0) is 32.4 Å². The largest absolute Gasteiger partial charge is 0.423 e. The maximum absolute atomic E-state index is 11.8. The molecule has 1 aromatic rings. The predicted molar refractivity (Wildman–Crippen MR) is 71.0 cm³/mol. The average molecular weight is 262 g/mol. The maximum Gasteiger partial charge on any atom is 0.338 e. The third kappa shape index (κ3) is 2.69. The molecule has 1 N–H and O–H groups in total. The van der Waals surface area contributed by atoms with Crippen molar-refractivity contribution in [2.45, 2.75) is 26.4 Å². The van der Waals surface area contributed by atoms with Crippen LogP contribution in [-0.2, 0) is 15.1 Å². The summed E-state index contributed by atoms with van der Waals surface area (Å²) in [7, 11) is 0. The van der Waals surface area contributed by atoms with Crippen LogP contribution in [0.1, 0.15) is 25.0 Å². The molecule has 0 aliphatic carbocycles. The van der Waals surface area contributed by atoms with Crippen LogP contribution in [0, 0.1) is 6.92 Å². The lowest BCUT2D eigenvalue weighted by Crippen LogP contribution is -2.18. The zero-order valence-electron chi connectivity index (χ0n) is 11.4. The number of benzene rings is 1. The first-order valence-corrected chi connectivity index (χ1v) is 6.23. The Morgan fingerprint density at radius 1 is 1.58 bits per heavy atom. The monoisotopic (exact) mass is 262 g/mol. The summed E-state index contributed by atoms with van der Waals surface area (Å²) in [6.45, 7) is 5.73. The molecule has 0 amide bonds. The second-order valence-electron chi connectivity index (χ2n) is 4.80. The molecule has 0 unspecified atom stereocenters. The number of aliphatic hydroxyl groups is 1. The number of aliphatic hydroxyl groups excluding tert-OH is 1. The van der Waals surface area contributed by atoms with Crippen LogP contribution < -0.4 is 4.74 Å². The van der Waals surface area contributed by atoms with E-state index in [0.717, 1.165) is 11.1 Å². The van der Waals surface area contributed by atoms with Crippen LogP contribution in [0.2, 0.25) is 0 Å². The van der Waals surface area contributed by atoms with Gasteiger partial charge in [0.05, 0.1) is 13.2 Å². The van der Waals surface area contributed by atoms with E-state index >= 15 is 0 Å². The van der Waals surface area contributed by atoms with E-state index in [1.54, 1.807) is 26.0 Å². The number of hydrogen-bond acceptors (Lipinski definition) is 4. The minimum Gasteiger partial charge on any atom is -0.423 e. The van der Waals surface area contributed by atoms with E-state index in [9.17, 15) is 9.90 Å². The Morgan fingerprint density at radius 3 is 2.79 bits per heavy atom. The highest BCUT2D eigenvalue weighted by Crippen LogP contribution is 2.43. The van der Waals surface area contributed by atoms with Gasteiger partial charge in [0.1, 0.15) is 11.4 Å². The lowest BCUT2D eigenvalue weighted by molar-refractivity contribution is -0.130. The molecule has 2 rings (SSSR count). The zero-order valence-corrected chi connectivity index (χ0v) is 11.4. The highest BCUT2D eigenvalue weighted by molar-refractivity contribution is 5.89. The van der Waals surface area contributed by atoms with Gasteiger partial charge in [-0.2, -0.15) is 0 Å². The van der Waals surface area contributed by atoms with Crippen molar-refractivity contribution in [2.24, 2.45) is 0 Å². The van der Waals surface area contributed by atoms with Crippen LogP contribution in [0.5, 0.6) is 5.75 Å². The Hall–Kier alpha value is -1.65. The van der Waals surface area contributed by atoms with Gasteiger partial charge in [-0.25, -0.2) is 4.79 Å². The van der Waals surface area contributed by atoms with Crippen LogP contribution >= 0.6 is 0 Å². The summed E-state index contributed by atoms with van der Waals surface area (Å²) in [5, 5.41) is 9.42. The number of carbonyl (C=O) groups is 1. The zero-order chi connectivity index (χ0) is 14.0. The summed E-state index contributed by atoms with van der Waals surface area (Å²) in [6, 6.07) is 5.54. The van der Waals surface area contributed by atoms with Crippen LogP contribution in [0.25, 0.3) is 0 Å². The fraction of sp³-hybridized carbons (Fsp3) is 0.400. The average Bonchev–Trinajstić information content (AvgIpc) is 3.18. The smallest absolute Gasteiger partial charge is 0.338 e. The molecule has 1 atom stereocenters. The van der Waals surface area contributed by atoms with Crippen molar-refractivity contribution in [3.05, 3.63) is 41.0 Å². The molecule has 1 heterocycles. The van der Waals surface area contributed by atoms with E-state index < -0.39 is 5.60 Å². The van der Waals surface area contributed by atoms with E-state index in [2.05, 4.69) is 0 Å². The predicted octanol–water partition coefficient (Wildman–Crippen LogP) is 2.08. The number of ether oxygens (including phenoxy) is 2. The standard InChI is InChI=1S/C15H18O4/c1-4-11(3)14(17)19-13-7-10(2)5-6-12(13)15(8-16)9-18-15/h4-7,16H,8-9H2,1-3H3/t15-/m0/s1. The Morgan fingerprint density at radius 2 is 2.26 bits per heavy atom. The van der Waals surface area contributed by atoms with Crippen molar-refractivity contribution in [2.75, 3.05) is 13.2 Å². The maximum atomic E-state index is 11.8. The SMILES string of the molecule is CC=C(C)C(=O)Oc1cc(C)ccc1[C@]1(CO)CO1. The molecule has 4 heteroatoms. The van der Waals surface area contributed by atoms with Crippen LogP contribution in [-0.4, -0.2) is 24.3 Å². The molecule has 0 saturated carbocycles. The number of aryl methyl sites for hydroxylation is 1. The van der Waals surface area contributed by atoms with E-state index in [1.807, 2.05) is 19.1 Å². The van der Waals surface area contributed by atoms with Crippen LogP contribution in [0.4, 0.5) is 0 Å². The molecule has 102 valence electrons. The van der Waals surface area contributed by atoms with Crippen molar-refractivity contribution in [1.82, 2.24) is 0 Å². The van der Waals surface area contributed by atoms with Crippen molar-refractivity contribution < 1.29 is 19.4 Å². The lowest BCUT2D eigenvalue weighted by atomic mass is 9.98. The summed E-state index contributed by atoms with van der Waals surface area (Å²) >= 11 is 0. The van der Waals surface area contributed by atoms with Gasteiger partial charge in [-0.3, -0.25) is 0 Å². The van der Waals surface area contributed by atoms with E-state index in [0.29, 0.717) is 17.9 Å². The first-order valence-electron chi connectivity index (χ1n) is 6.23. The van der Waals surface area contributed by atoms with Gasteiger partial charge >= 0.3 is 5.97 Å². The Labute approximate surface area is 112 Å². The Balaban J connectivity index is 2.34. The highest BCUT2D eigenvalue weighted by atomic mass is 16.6. The van der Waals surface area contributed by atoms with Gasteiger partial charge in [0.25, 0.3) is 0 Å². The van der Waals surface area contributed by atoms with Crippen molar-refractivity contribution in [1.29, 1.82) is 0 Å². The summed E-state index contributed by atoms with van der Waals surface area (Å²) in [4.78, 5) is 11.8. The van der Waals surface area contributed by atoms with Gasteiger partial charge in [-0.1, -0.05) is 18.2 Å². The fourth-order valence-electron chi connectivity index (χ4n) is 1.81. The van der Waals surface area contributed by atoms with Gasteiger partial charge in [0, 0.05) is 11.1 Å². The number of rotatable bonds is 4. The molecule has 1 fully saturated rings. The normalized spacial score (nSPS) is 22.2. The topological polar surface area (TPSA) is 59.1 Å². The minimum absolute atomic E-state index is 0.122. The first kappa shape index (κ1) is 13.8. The van der Waals surface area contributed by atoms with Crippen molar-refractivity contribution >= 4 is 5.97 Å². The highest BCUT2D eigenvalue weighted by Gasteiger charge is 2.48. The molecular formula is C15H18O4. The first-order chi connectivity index (χ1) is 9.02. The summed E-state index contributed by atoms with van der Waals surface area (Å²) < 4.78 is 10.7.